The van der Waals surface area contributed by atoms with Gasteiger partial charge in [0.25, 0.3) is 0 Å². The minimum Gasteiger partial charge on any atom is -0.356 e. The van der Waals surface area contributed by atoms with Crippen LogP contribution in [0.1, 0.15) is 37.1 Å². The van der Waals surface area contributed by atoms with Gasteiger partial charge in [-0.1, -0.05) is 16.8 Å². The highest BCUT2D eigenvalue weighted by Gasteiger charge is 2.28. The molecule has 4 rings (SSSR count). The monoisotopic (exact) mass is 396 g/mol. The number of carbonyl (C=O) groups is 1. The molecule has 1 amide bonds. The third kappa shape index (κ3) is 3.78. The maximum atomic E-state index is 11.9. The summed E-state index contributed by atoms with van der Waals surface area (Å²) in [7, 11) is 0. The van der Waals surface area contributed by atoms with Crippen molar-refractivity contribution in [2.75, 3.05) is 13.1 Å². The molecule has 6 nitrogen and oxygen atoms in total. The second-order valence-electron chi connectivity index (χ2n) is 7.14. The van der Waals surface area contributed by atoms with Crippen LogP contribution in [0.4, 0.5) is 0 Å². The average molecular weight is 397 g/mol. The number of aromatic nitrogens is 3. The van der Waals surface area contributed by atoms with E-state index in [0.717, 1.165) is 41.9 Å². The standard InChI is InChI=1S/C21H21ClN4O2/c1-13-10-19(28-25-13)18-11-23-21(15-5-7-17(22)8-6-15)24-20(18)16-4-3-9-26(12-16)14(2)27/h5-8,10-11,16H,3-4,9,12H2,1-2H3. The molecule has 2 aromatic heterocycles. The average Bonchev–Trinajstić information content (AvgIpc) is 3.14. The highest BCUT2D eigenvalue weighted by molar-refractivity contribution is 6.30. The van der Waals surface area contributed by atoms with E-state index in [1.807, 2.05) is 42.2 Å². The largest absolute Gasteiger partial charge is 0.356 e. The van der Waals surface area contributed by atoms with Crippen LogP contribution in [-0.4, -0.2) is 39.0 Å². The van der Waals surface area contributed by atoms with Gasteiger partial charge >= 0.3 is 0 Å². The zero-order valence-electron chi connectivity index (χ0n) is 15.9. The second-order valence-corrected chi connectivity index (χ2v) is 7.57. The van der Waals surface area contributed by atoms with E-state index in [1.54, 1.807) is 13.1 Å². The van der Waals surface area contributed by atoms with E-state index in [9.17, 15) is 4.79 Å². The van der Waals surface area contributed by atoms with Crippen LogP contribution in [0.25, 0.3) is 22.7 Å². The first-order valence-electron chi connectivity index (χ1n) is 9.33. The van der Waals surface area contributed by atoms with Gasteiger partial charge in [0, 0.05) is 48.8 Å². The van der Waals surface area contributed by atoms with E-state index in [-0.39, 0.29) is 11.8 Å². The van der Waals surface area contributed by atoms with E-state index >= 15 is 0 Å². The predicted molar refractivity (Wildman–Crippen MR) is 107 cm³/mol. The van der Waals surface area contributed by atoms with Crippen LogP contribution in [0.15, 0.2) is 41.1 Å². The number of likely N-dealkylation sites (tertiary alicyclic amines) is 1. The molecule has 28 heavy (non-hydrogen) atoms. The first-order chi connectivity index (χ1) is 13.5. The summed E-state index contributed by atoms with van der Waals surface area (Å²) in [6.07, 6.45) is 3.69. The van der Waals surface area contributed by atoms with Gasteiger partial charge in [-0.25, -0.2) is 9.97 Å². The minimum absolute atomic E-state index is 0.0914. The summed E-state index contributed by atoms with van der Waals surface area (Å²) in [6.45, 7) is 4.93. The molecular formula is C21H21ClN4O2. The van der Waals surface area contributed by atoms with Gasteiger partial charge in [-0.05, 0) is 44.0 Å². The maximum Gasteiger partial charge on any atom is 0.219 e. The fourth-order valence-electron chi connectivity index (χ4n) is 3.61. The molecule has 1 saturated heterocycles. The lowest BCUT2D eigenvalue weighted by Gasteiger charge is -2.32. The number of nitrogens with zero attached hydrogens (tertiary/aromatic N) is 4. The molecule has 0 aliphatic carbocycles. The molecule has 1 aromatic carbocycles. The lowest BCUT2D eigenvalue weighted by molar-refractivity contribution is -0.130. The van der Waals surface area contributed by atoms with Gasteiger partial charge in [0.1, 0.15) is 0 Å². The quantitative estimate of drug-likeness (QED) is 0.652. The van der Waals surface area contributed by atoms with Crippen molar-refractivity contribution in [3.8, 4) is 22.7 Å². The lowest BCUT2D eigenvalue weighted by atomic mass is 9.91. The van der Waals surface area contributed by atoms with Gasteiger partial charge < -0.3 is 9.42 Å². The fourth-order valence-corrected chi connectivity index (χ4v) is 3.74. The number of hydrogen-bond donors (Lipinski definition) is 0. The maximum absolute atomic E-state index is 11.9. The smallest absolute Gasteiger partial charge is 0.219 e. The highest BCUT2D eigenvalue weighted by atomic mass is 35.5. The third-order valence-electron chi connectivity index (χ3n) is 5.07. The van der Waals surface area contributed by atoms with Gasteiger partial charge in [-0.15, -0.1) is 0 Å². The molecule has 3 aromatic rings. The van der Waals surface area contributed by atoms with Crippen LogP contribution >= 0.6 is 11.6 Å². The summed E-state index contributed by atoms with van der Waals surface area (Å²) in [4.78, 5) is 23.2. The number of piperidine rings is 1. The fraction of sp³-hybridized carbons (Fsp3) is 0.333. The number of aryl methyl sites for hydroxylation is 1. The lowest BCUT2D eigenvalue weighted by Crippen LogP contribution is -2.38. The Kier molecular flexibility index (Phi) is 5.13. The highest BCUT2D eigenvalue weighted by Crippen LogP contribution is 2.34. The van der Waals surface area contributed by atoms with Crippen LogP contribution in [0.3, 0.4) is 0 Å². The molecule has 0 bridgehead atoms. The van der Waals surface area contributed by atoms with Crippen molar-refractivity contribution in [1.29, 1.82) is 0 Å². The summed E-state index contributed by atoms with van der Waals surface area (Å²) in [6, 6.07) is 9.35. The Hall–Kier alpha value is -2.73. The molecular weight excluding hydrogens is 376 g/mol. The Bertz CT molecular complexity index is 1000. The van der Waals surface area contributed by atoms with Crippen molar-refractivity contribution >= 4 is 17.5 Å². The van der Waals surface area contributed by atoms with Crippen LogP contribution in [0.5, 0.6) is 0 Å². The summed E-state index contributed by atoms with van der Waals surface area (Å²) in [5.74, 6) is 1.49. The number of halogens is 1. The van der Waals surface area contributed by atoms with E-state index in [1.165, 1.54) is 0 Å². The van der Waals surface area contributed by atoms with Crippen molar-refractivity contribution in [3.63, 3.8) is 0 Å². The van der Waals surface area contributed by atoms with Crippen molar-refractivity contribution in [1.82, 2.24) is 20.0 Å². The normalized spacial score (nSPS) is 17.0. The molecule has 3 heterocycles. The predicted octanol–water partition coefficient (Wildman–Crippen LogP) is 4.49. The molecule has 1 fully saturated rings. The number of benzene rings is 1. The summed E-state index contributed by atoms with van der Waals surface area (Å²) < 4.78 is 5.49. The van der Waals surface area contributed by atoms with E-state index < -0.39 is 0 Å². The molecule has 0 N–H and O–H groups in total. The van der Waals surface area contributed by atoms with E-state index in [4.69, 9.17) is 21.1 Å². The van der Waals surface area contributed by atoms with Crippen LogP contribution in [0.2, 0.25) is 5.02 Å². The number of amides is 1. The molecule has 1 aliphatic rings. The van der Waals surface area contributed by atoms with Gasteiger partial charge in [-0.2, -0.15) is 0 Å². The molecule has 1 atom stereocenters. The molecule has 144 valence electrons. The van der Waals surface area contributed by atoms with Gasteiger partial charge in [0.15, 0.2) is 11.6 Å². The van der Waals surface area contributed by atoms with Crippen LogP contribution in [-0.2, 0) is 4.79 Å². The second kappa shape index (κ2) is 7.72. The molecule has 1 aliphatic heterocycles. The summed E-state index contributed by atoms with van der Waals surface area (Å²) >= 11 is 6.01. The zero-order chi connectivity index (χ0) is 19.7. The van der Waals surface area contributed by atoms with Crippen molar-refractivity contribution < 1.29 is 9.32 Å². The minimum atomic E-state index is 0.0914. The van der Waals surface area contributed by atoms with Gasteiger partial charge in [0.2, 0.25) is 5.91 Å². The van der Waals surface area contributed by atoms with Gasteiger partial charge in [0.05, 0.1) is 17.0 Å². The Balaban J connectivity index is 1.78. The van der Waals surface area contributed by atoms with E-state index in [2.05, 4.69) is 10.1 Å². The SMILES string of the molecule is CC(=O)N1CCCC(c2nc(-c3ccc(Cl)cc3)ncc2-c2cc(C)no2)C1. The Morgan fingerprint density at radius 1 is 1.29 bits per heavy atom. The Labute approximate surface area is 168 Å². The third-order valence-corrected chi connectivity index (χ3v) is 5.32. The van der Waals surface area contributed by atoms with E-state index in [0.29, 0.717) is 23.2 Å². The summed E-state index contributed by atoms with van der Waals surface area (Å²) in [5, 5.41) is 4.67. The Morgan fingerprint density at radius 3 is 2.75 bits per heavy atom. The molecule has 7 heteroatoms. The van der Waals surface area contributed by atoms with Crippen LogP contribution in [0, 0.1) is 6.92 Å². The molecule has 0 saturated carbocycles. The van der Waals surface area contributed by atoms with Crippen LogP contribution < -0.4 is 0 Å². The number of carbonyl (C=O) groups excluding carboxylic acids is 1. The molecule has 0 radical (unpaired) electrons. The number of rotatable bonds is 3. The molecule has 0 spiro atoms. The van der Waals surface area contributed by atoms with Crippen molar-refractivity contribution in [3.05, 3.63) is 52.9 Å². The Morgan fingerprint density at radius 2 is 2.07 bits per heavy atom. The zero-order valence-corrected chi connectivity index (χ0v) is 16.6. The topological polar surface area (TPSA) is 72.1 Å². The summed E-state index contributed by atoms with van der Waals surface area (Å²) in [5.41, 5.74) is 3.41. The van der Waals surface area contributed by atoms with Crippen molar-refractivity contribution in [2.45, 2.75) is 32.6 Å². The van der Waals surface area contributed by atoms with Gasteiger partial charge in [-0.3, -0.25) is 4.79 Å². The first-order valence-corrected chi connectivity index (χ1v) is 9.71. The molecule has 1 unspecified atom stereocenters. The first kappa shape index (κ1) is 18.6. The van der Waals surface area contributed by atoms with Crippen molar-refractivity contribution in [2.24, 2.45) is 0 Å². The number of hydrogen-bond acceptors (Lipinski definition) is 5.